The van der Waals surface area contributed by atoms with Crippen LogP contribution in [-0.4, -0.2) is 15.0 Å². The summed E-state index contributed by atoms with van der Waals surface area (Å²) >= 11 is 0. The van der Waals surface area contributed by atoms with Gasteiger partial charge in [0.2, 0.25) is 5.75 Å². The molecule has 0 aliphatic carbocycles. The van der Waals surface area contributed by atoms with Crippen molar-refractivity contribution < 1.29 is 15.0 Å². The van der Waals surface area contributed by atoms with Crippen LogP contribution in [0.5, 0.6) is 5.75 Å². The average molecular weight is 234 g/mol. The van der Waals surface area contributed by atoms with E-state index in [4.69, 9.17) is 0 Å². The first-order valence-electron chi connectivity index (χ1n) is 4.56. The first kappa shape index (κ1) is 10.8. The lowest BCUT2D eigenvalue weighted by molar-refractivity contribution is -0.422. The molecular weight excluding hydrogens is 228 g/mol. The van der Waals surface area contributed by atoms with Crippen LogP contribution >= 0.6 is 0 Å². The van der Waals surface area contributed by atoms with Gasteiger partial charge >= 0.3 is 11.4 Å². The molecule has 0 heterocycles. The number of fused-ring (bicyclic) bond motifs is 1. The van der Waals surface area contributed by atoms with Crippen LogP contribution in [0.3, 0.4) is 0 Å². The van der Waals surface area contributed by atoms with Crippen molar-refractivity contribution in [2.45, 2.75) is 0 Å². The Morgan fingerprint density at radius 2 is 1.71 bits per heavy atom. The molecule has 0 atom stereocenters. The lowest BCUT2D eigenvalue weighted by atomic mass is 10.1. The molecule has 0 aliphatic rings. The second kappa shape index (κ2) is 3.71. The summed E-state index contributed by atoms with van der Waals surface area (Å²) in [7, 11) is 0. The number of aromatic hydroxyl groups is 1. The molecule has 7 nitrogen and oxygen atoms in total. The van der Waals surface area contributed by atoms with Crippen LogP contribution in [0, 0.1) is 20.2 Å². The highest BCUT2D eigenvalue weighted by molar-refractivity contribution is 5.95. The van der Waals surface area contributed by atoms with Crippen LogP contribution in [-0.2, 0) is 0 Å². The molecule has 0 saturated carbocycles. The van der Waals surface area contributed by atoms with E-state index in [0.29, 0.717) is 5.39 Å². The predicted molar refractivity (Wildman–Crippen MR) is 58.9 cm³/mol. The largest absolute Gasteiger partial charge is 0.501 e. The number of rotatable bonds is 2. The fourth-order valence-electron chi connectivity index (χ4n) is 1.62. The summed E-state index contributed by atoms with van der Waals surface area (Å²) in [6.07, 6.45) is 0. The van der Waals surface area contributed by atoms with E-state index in [1.165, 1.54) is 12.1 Å². The van der Waals surface area contributed by atoms with E-state index in [1.807, 2.05) is 0 Å². The molecule has 2 aromatic rings. The normalized spacial score (nSPS) is 10.4. The lowest BCUT2D eigenvalue weighted by Gasteiger charge is -2.02. The average Bonchev–Trinajstić information content (AvgIpc) is 2.28. The second-order valence-corrected chi connectivity index (χ2v) is 3.33. The van der Waals surface area contributed by atoms with Crippen LogP contribution in [0.4, 0.5) is 11.4 Å². The monoisotopic (exact) mass is 234 g/mol. The van der Waals surface area contributed by atoms with Crippen molar-refractivity contribution in [2.75, 3.05) is 0 Å². The third-order valence-electron chi connectivity index (χ3n) is 2.35. The van der Waals surface area contributed by atoms with Crippen molar-refractivity contribution in [2.24, 2.45) is 0 Å². The number of benzene rings is 2. The highest BCUT2D eigenvalue weighted by Crippen LogP contribution is 2.41. The maximum Gasteiger partial charge on any atom is 0.387 e. The van der Waals surface area contributed by atoms with E-state index < -0.39 is 27.0 Å². The molecule has 2 aromatic carbocycles. The van der Waals surface area contributed by atoms with Crippen molar-refractivity contribution in [3.63, 3.8) is 0 Å². The number of nitro benzene ring substituents is 2. The molecule has 0 unspecified atom stereocenters. The summed E-state index contributed by atoms with van der Waals surface area (Å²) in [5.74, 6) is -0.681. The van der Waals surface area contributed by atoms with Crippen LogP contribution in [0.25, 0.3) is 10.8 Å². The quantitative estimate of drug-likeness (QED) is 0.633. The van der Waals surface area contributed by atoms with Gasteiger partial charge in [-0.2, -0.15) is 0 Å². The van der Waals surface area contributed by atoms with Crippen LogP contribution in [0.1, 0.15) is 0 Å². The highest BCUT2D eigenvalue weighted by atomic mass is 16.6. The van der Waals surface area contributed by atoms with E-state index in [-0.39, 0.29) is 5.39 Å². The van der Waals surface area contributed by atoms with Gasteiger partial charge in [-0.3, -0.25) is 20.2 Å². The minimum atomic E-state index is -0.958. The Hall–Kier alpha value is -2.70. The molecule has 1 N–H and O–H groups in total. The Morgan fingerprint density at radius 3 is 2.29 bits per heavy atom. The molecule has 0 aliphatic heterocycles. The van der Waals surface area contributed by atoms with Gasteiger partial charge in [0.25, 0.3) is 0 Å². The van der Waals surface area contributed by atoms with Gasteiger partial charge < -0.3 is 5.11 Å². The van der Waals surface area contributed by atoms with Gasteiger partial charge in [0.05, 0.1) is 9.85 Å². The minimum Gasteiger partial charge on any atom is -0.501 e. The number of hydrogen-bond donors (Lipinski definition) is 1. The molecular formula is C10H6N2O5. The van der Waals surface area contributed by atoms with Crippen LogP contribution in [0.2, 0.25) is 0 Å². The van der Waals surface area contributed by atoms with Crippen LogP contribution in [0.15, 0.2) is 30.3 Å². The van der Waals surface area contributed by atoms with E-state index in [1.54, 1.807) is 12.1 Å². The zero-order valence-electron chi connectivity index (χ0n) is 8.36. The van der Waals surface area contributed by atoms with Crippen molar-refractivity contribution in [3.8, 4) is 5.75 Å². The Kier molecular flexibility index (Phi) is 2.36. The first-order valence-corrected chi connectivity index (χ1v) is 4.56. The SMILES string of the molecule is O=[N+]([O-])c1cc2ccccc2c(O)c1[N+](=O)[O-]. The molecule has 7 heteroatoms. The summed E-state index contributed by atoms with van der Waals surface area (Å²) < 4.78 is 0. The van der Waals surface area contributed by atoms with Gasteiger partial charge in [0, 0.05) is 11.5 Å². The van der Waals surface area contributed by atoms with Gasteiger partial charge in [-0.15, -0.1) is 0 Å². The summed E-state index contributed by atoms with van der Waals surface area (Å²) in [6, 6.07) is 7.27. The summed E-state index contributed by atoms with van der Waals surface area (Å²) in [5.41, 5.74) is -1.60. The lowest BCUT2D eigenvalue weighted by Crippen LogP contribution is -1.97. The van der Waals surface area contributed by atoms with Gasteiger partial charge in [-0.05, 0) is 5.39 Å². The number of phenolic OH excluding ortho intramolecular Hbond substituents is 1. The van der Waals surface area contributed by atoms with Gasteiger partial charge in [0.1, 0.15) is 0 Å². The number of phenols is 1. The van der Waals surface area contributed by atoms with Gasteiger partial charge in [-0.1, -0.05) is 24.3 Å². The van der Waals surface area contributed by atoms with Crippen molar-refractivity contribution in [3.05, 3.63) is 50.6 Å². The van der Waals surface area contributed by atoms with E-state index in [0.717, 1.165) is 6.07 Å². The topological polar surface area (TPSA) is 107 Å². The standard InChI is InChI=1S/C10H6N2O5/c13-10-7-4-2-1-3-6(7)5-8(11(14)15)9(10)12(16)17/h1-5,13H. The Morgan fingerprint density at radius 1 is 1.06 bits per heavy atom. The summed E-state index contributed by atoms with van der Waals surface area (Å²) in [6.45, 7) is 0. The van der Waals surface area contributed by atoms with Gasteiger partial charge in [0.15, 0.2) is 0 Å². The zero-order chi connectivity index (χ0) is 12.6. The molecule has 0 radical (unpaired) electrons. The Bertz CT molecular complexity index is 638. The van der Waals surface area contributed by atoms with Crippen molar-refractivity contribution in [1.29, 1.82) is 0 Å². The fourth-order valence-corrected chi connectivity index (χ4v) is 1.62. The van der Waals surface area contributed by atoms with E-state index in [9.17, 15) is 25.3 Å². The van der Waals surface area contributed by atoms with Crippen molar-refractivity contribution in [1.82, 2.24) is 0 Å². The Labute approximate surface area is 94.2 Å². The number of hydrogen-bond acceptors (Lipinski definition) is 5. The molecule has 0 spiro atoms. The van der Waals surface area contributed by atoms with E-state index >= 15 is 0 Å². The maximum absolute atomic E-state index is 10.7. The number of nitro groups is 2. The second-order valence-electron chi connectivity index (χ2n) is 3.33. The van der Waals surface area contributed by atoms with Crippen molar-refractivity contribution >= 4 is 22.1 Å². The molecule has 2 rings (SSSR count). The number of nitrogens with zero attached hydrogens (tertiary/aromatic N) is 2. The first-order chi connectivity index (χ1) is 8.02. The van der Waals surface area contributed by atoms with Crippen LogP contribution < -0.4 is 0 Å². The molecule has 86 valence electrons. The molecule has 0 fully saturated rings. The third-order valence-corrected chi connectivity index (χ3v) is 2.35. The molecule has 0 saturated heterocycles. The van der Waals surface area contributed by atoms with Gasteiger partial charge in [-0.25, -0.2) is 0 Å². The van der Waals surface area contributed by atoms with E-state index in [2.05, 4.69) is 0 Å². The Balaban J connectivity index is 2.94. The molecule has 17 heavy (non-hydrogen) atoms. The fraction of sp³-hybridized carbons (Fsp3) is 0. The maximum atomic E-state index is 10.7. The molecule has 0 aromatic heterocycles. The highest BCUT2D eigenvalue weighted by Gasteiger charge is 2.30. The predicted octanol–water partition coefficient (Wildman–Crippen LogP) is 2.36. The molecule has 0 bridgehead atoms. The smallest absolute Gasteiger partial charge is 0.387 e. The minimum absolute atomic E-state index is 0.213. The zero-order valence-corrected chi connectivity index (χ0v) is 8.36. The molecule has 0 amide bonds. The summed E-state index contributed by atoms with van der Waals surface area (Å²) in [5, 5.41) is 31.7. The third kappa shape index (κ3) is 1.63. The summed E-state index contributed by atoms with van der Waals surface area (Å²) in [4.78, 5) is 19.6.